The molecule has 2 aliphatic heterocycles. The molecule has 0 aromatic rings. The van der Waals surface area contributed by atoms with Crippen LogP contribution in [0, 0.1) is 17.8 Å². The molecule has 0 amide bonds. The van der Waals surface area contributed by atoms with Crippen LogP contribution < -0.4 is 0 Å². The molecule has 1 N–H and O–H groups in total. The van der Waals surface area contributed by atoms with Crippen molar-refractivity contribution < 1.29 is 9.84 Å². The van der Waals surface area contributed by atoms with Gasteiger partial charge < -0.3 is 9.84 Å². The van der Waals surface area contributed by atoms with E-state index in [-0.39, 0.29) is 5.60 Å². The lowest BCUT2D eigenvalue weighted by Gasteiger charge is -2.27. The van der Waals surface area contributed by atoms with E-state index in [4.69, 9.17) is 4.74 Å². The van der Waals surface area contributed by atoms with Crippen LogP contribution in [-0.2, 0) is 4.74 Å². The highest BCUT2D eigenvalue weighted by atomic mass is 16.5. The third kappa shape index (κ3) is 0.772. The minimum atomic E-state index is -0.280. The normalized spacial score (nSPS) is 64.5. The standard InChI is InChI=1S/C12H18O2/c13-12(8-2-1-3-9(8)12)10-6-7-4-5-11(10)14-7/h7-11,13H,1-6H2. The molecule has 0 aromatic carbocycles. The first-order chi connectivity index (χ1) is 6.80. The molecular formula is C12H18O2. The Labute approximate surface area is 84.6 Å². The molecule has 2 heterocycles. The van der Waals surface area contributed by atoms with Crippen LogP contribution in [0.2, 0.25) is 0 Å². The number of hydrogen-bond donors (Lipinski definition) is 1. The maximum atomic E-state index is 10.7. The van der Waals surface area contributed by atoms with Crippen molar-refractivity contribution in [2.24, 2.45) is 17.8 Å². The minimum absolute atomic E-state index is 0.280. The number of hydrogen-bond acceptors (Lipinski definition) is 2. The molecule has 78 valence electrons. The molecule has 0 aromatic heterocycles. The smallest absolute Gasteiger partial charge is 0.0764 e. The Morgan fingerprint density at radius 2 is 1.79 bits per heavy atom. The van der Waals surface area contributed by atoms with Gasteiger partial charge in [-0.15, -0.1) is 0 Å². The van der Waals surface area contributed by atoms with E-state index in [1.165, 1.54) is 32.1 Å². The van der Waals surface area contributed by atoms with E-state index in [0.717, 1.165) is 6.42 Å². The first-order valence-electron chi connectivity index (χ1n) is 6.18. The Kier molecular flexibility index (Phi) is 1.37. The van der Waals surface area contributed by atoms with Gasteiger partial charge in [-0.05, 0) is 43.9 Å². The van der Waals surface area contributed by atoms with Gasteiger partial charge in [-0.1, -0.05) is 6.42 Å². The Hall–Kier alpha value is -0.0800. The van der Waals surface area contributed by atoms with Crippen molar-refractivity contribution in [1.82, 2.24) is 0 Å². The molecule has 5 atom stereocenters. The highest BCUT2D eigenvalue weighted by Gasteiger charge is 2.71. The van der Waals surface area contributed by atoms with Gasteiger partial charge in [0, 0.05) is 5.92 Å². The molecule has 4 rings (SSSR count). The van der Waals surface area contributed by atoms with Crippen LogP contribution in [0.4, 0.5) is 0 Å². The Balaban J connectivity index is 1.60. The monoisotopic (exact) mass is 194 g/mol. The first-order valence-corrected chi connectivity index (χ1v) is 6.18. The van der Waals surface area contributed by atoms with Gasteiger partial charge in [-0.2, -0.15) is 0 Å². The van der Waals surface area contributed by atoms with Gasteiger partial charge in [-0.3, -0.25) is 0 Å². The second-order valence-corrected chi connectivity index (χ2v) is 5.75. The predicted molar refractivity (Wildman–Crippen MR) is 51.8 cm³/mol. The lowest BCUT2D eigenvalue weighted by atomic mass is 9.80. The van der Waals surface area contributed by atoms with E-state index in [1.807, 2.05) is 0 Å². The van der Waals surface area contributed by atoms with Crippen LogP contribution >= 0.6 is 0 Å². The van der Waals surface area contributed by atoms with Crippen molar-refractivity contribution in [2.75, 3.05) is 0 Å². The summed E-state index contributed by atoms with van der Waals surface area (Å²) in [6.07, 6.45) is 8.40. The molecule has 2 nitrogen and oxygen atoms in total. The molecule has 2 saturated carbocycles. The molecule has 2 bridgehead atoms. The van der Waals surface area contributed by atoms with E-state index in [0.29, 0.717) is 30.0 Å². The summed E-state index contributed by atoms with van der Waals surface area (Å²) in [4.78, 5) is 0. The van der Waals surface area contributed by atoms with Crippen molar-refractivity contribution in [3.63, 3.8) is 0 Å². The van der Waals surface area contributed by atoms with Gasteiger partial charge in [0.25, 0.3) is 0 Å². The van der Waals surface area contributed by atoms with Crippen molar-refractivity contribution in [3.05, 3.63) is 0 Å². The molecule has 5 unspecified atom stereocenters. The second-order valence-electron chi connectivity index (χ2n) is 5.75. The second kappa shape index (κ2) is 2.35. The van der Waals surface area contributed by atoms with Crippen LogP contribution in [0.15, 0.2) is 0 Å². The van der Waals surface area contributed by atoms with Gasteiger partial charge in [0.15, 0.2) is 0 Å². The zero-order valence-electron chi connectivity index (χ0n) is 8.48. The SMILES string of the molecule is OC1(C2CC3CCC2O3)C2CCCC21. The molecular weight excluding hydrogens is 176 g/mol. The highest BCUT2D eigenvalue weighted by molar-refractivity contribution is 5.20. The number of rotatable bonds is 1. The van der Waals surface area contributed by atoms with Crippen molar-refractivity contribution in [3.8, 4) is 0 Å². The topological polar surface area (TPSA) is 29.5 Å². The number of fused-ring (bicyclic) bond motifs is 3. The zero-order chi connectivity index (χ0) is 9.34. The molecule has 2 saturated heterocycles. The van der Waals surface area contributed by atoms with Crippen molar-refractivity contribution >= 4 is 0 Å². The third-order valence-corrected chi connectivity index (χ3v) is 5.29. The van der Waals surface area contributed by atoms with Gasteiger partial charge >= 0.3 is 0 Å². The van der Waals surface area contributed by atoms with E-state index in [2.05, 4.69) is 0 Å². The van der Waals surface area contributed by atoms with Crippen molar-refractivity contribution in [2.45, 2.75) is 56.3 Å². The quantitative estimate of drug-likeness (QED) is 0.688. The van der Waals surface area contributed by atoms with Crippen LogP contribution in [0.3, 0.4) is 0 Å². The average molecular weight is 194 g/mol. The molecule has 0 radical (unpaired) electrons. The Morgan fingerprint density at radius 3 is 2.36 bits per heavy atom. The van der Waals surface area contributed by atoms with E-state index >= 15 is 0 Å². The highest BCUT2D eigenvalue weighted by Crippen LogP contribution is 2.67. The Bertz CT molecular complexity index is 265. The van der Waals surface area contributed by atoms with Crippen molar-refractivity contribution in [1.29, 1.82) is 0 Å². The van der Waals surface area contributed by atoms with Crippen LogP contribution in [0.25, 0.3) is 0 Å². The fourth-order valence-corrected chi connectivity index (χ4v) is 4.64. The van der Waals surface area contributed by atoms with Crippen LogP contribution in [-0.4, -0.2) is 22.9 Å². The first kappa shape index (κ1) is 8.12. The molecule has 4 aliphatic rings. The molecule has 14 heavy (non-hydrogen) atoms. The maximum Gasteiger partial charge on any atom is 0.0764 e. The average Bonchev–Trinajstić information content (AvgIpc) is 2.80. The van der Waals surface area contributed by atoms with Gasteiger partial charge in [0.05, 0.1) is 17.8 Å². The Morgan fingerprint density at radius 1 is 1.00 bits per heavy atom. The summed E-state index contributed by atoms with van der Waals surface area (Å²) in [5.41, 5.74) is -0.280. The summed E-state index contributed by atoms with van der Waals surface area (Å²) in [5, 5.41) is 10.7. The van der Waals surface area contributed by atoms with E-state index < -0.39 is 0 Å². The minimum Gasteiger partial charge on any atom is -0.389 e. The summed E-state index contributed by atoms with van der Waals surface area (Å²) in [5.74, 6) is 1.79. The zero-order valence-corrected chi connectivity index (χ0v) is 8.48. The largest absolute Gasteiger partial charge is 0.389 e. The summed E-state index contributed by atoms with van der Waals surface area (Å²) in [6, 6.07) is 0. The molecule has 0 spiro atoms. The summed E-state index contributed by atoms with van der Waals surface area (Å²) < 4.78 is 5.86. The summed E-state index contributed by atoms with van der Waals surface area (Å²) in [7, 11) is 0. The van der Waals surface area contributed by atoms with E-state index in [1.54, 1.807) is 0 Å². The maximum absolute atomic E-state index is 10.7. The number of ether oxygens (including phenoxy) is 1. The molecule has 2 aliphatic carbocycles. The lowest BCUT2D eigenvalue weighted by molar-refractivity contribution is 0.00313. The van der Waals surface area contributed by atoms with Gasteiger partial charge in [0.1, 0.15) is 0 Å². The molecule has 4 fully saturated rings. The van der Waals surface area contributed by atoms with E-state index in [9.17, 15) is 5.11 Å². The fourth-order valence-electron chi connectivity index (χ4n) is 4.64. The lowest BCUT2D eigenvalue weighted by Crippen LogP contribution is -2.35. The summed E-state index contributed by atoms with van der Waals surface area (Å²) >= 11 is 0. The summed E-state index contributed by atoms with van der Waals surface area (Å²) in [6.45, 7) is 0. The third-order valence-electron chi connectivity index (χ3n) is 5.29. The predicted octanol–water partition coefficient (Wildman–Crippen LogP) is 1.71. The van der Waals surface area contributed by atoms with Gasteiger partial charge in [-0.25, -0.2) is 0 Å². The number of aliphatic hydroxyl groups is 1. The van der Waals surface area contributed by atoms with Crippen LogP contribution in [0.5, 0.6) is 0 Å². The van der Waals surface area contributed by atoms with Crippen LogP contribution in [0.1, 0.15) is 38.5 Å². The van der Waals surface area contributed by atoms with Gasteiger partial charge in [0.2, 0.25) is 0 Å². The molecule has 2 heteroatoms. The fraction of sp³-hybridized carbons (Fsp3) is 1.00.